The summed E-state index contributed by atoms with van der Waals surface area (Å²) in [6.45, 7) is 4.47. The number of nitrogens with one attached hydrogen (secondary N) is 2. The van der Waals surface area contributed by atoms with E-state index in [9.17, 15) is 18.0 Å². The molecule has 0 aliphatic carbocycles. The van der Waals surface area contributed by atoms with Gasteiger partial charge in [-0.1, -0.05) is 18.2 Å². The molecule has 1 amide bonds. The zero-order valence-corrected chi connectivity index (χ0v) is 16.0. The topological polar surface area (TPSA) is 42.8 Å². The van der Waals surface area contributed by atoms with Gasteiger partial charge in [0.25, 0.3) is 0 Å². The Bertz CT molecular complexity index is 791. The van der Waals surface area contributed by atoms with E-state index in [0.717, 1.165) is 56.7 Å². The summed E-state index contributed by atoms with van der Waals surface area (Å²) in [7, 11) is 0. The standard InChI is InChI=1S/C20H21F3N2O2S/c21-20(22,23)16-2-1-3-18(12-16)28-14-19(26)24-17-6-4-15(5-7-17)13-25-8-10-27-11-9-25/h1-7,12H,8-11,13-14H2,(H,24,26)/p+1. The molecule has 0 spiro atoms. The summed E-state index contributed by atoms with van der Waals surface area (Å²) in [4.78, 5) is 14.0. The zero-order chi connectivity index (χ0) is 20.0. The molecule has 1 aliphatic rings. The Morgan fingerprint density at radius 3 is 2.50 bits per heavy atom. The average Bonchev–Trinajstić information content (AvgIpc) is 2.68. The maximum atomic E-state index is 12.7. The van der Waals surface area contributed by atoms with Crippen LogP contribution in [0.3, 0.4) is 0 Å². The minimum absolute atomic E-state index is 0.0426. The van der Waals surface area contributed by atoms with E-state index in [1.165, 1.54) is 16.5 Å². The van der Waals surface area contributed by atoms with Gasteiger partial charge in [0, 0.05) is 16.1 Å². The van der Waals surface area contributed by atoms with E-state index < -0.39 is 11.7 Å². The molecule has 0 radical (unpaired) electrons. The van der Waals surface area contributed by atoms with Crippen molar-refractivity contribution in [1.82, 2.24) is 0 Å². The minimum atomic E-state index is -4.39. The summed E-state index contributed by atoms with van der Waals surface area (Å²) in [5, 5.41) is 2.78. The van der Waals surface area contributed by atoms with E-state index in [0.29, 0.717) is 10.6 Å². The van der Waals surface area contributed by atoms with Crippen molar-refractivity contribution in [2.24, 2.45) is 0 Å². The Morgan fingerprint density at radius 2 is 1.82 bits per heavy atom. The maximum Gasteiger partial charge on any atom is 0.416 e. The second kappa shape index (κ2) is 9.45. The second-order valence-electron chi connectivity index (χ2n) is 6.60. The molecule has 2 N–H and O–H groups in total. The number of benzene rings is 2. The van der Waals surface area contributed by atoms with Gasteiger partial charge in [0.1, 0.15) is 19.6 Å². The summed E-state index contributed by atoms with van der Waals surface area (Å²) in [5.41, 5.74) is 1.15. The normalized spacial score (nSPS) is 15.4. The number of anilines is 1. The van der Waals surface area contributed by atoms with Gasteiger partial charge in [-0.05, 0) is 30.3 Å². The molecule has 1 saturated heterocycles. The third kappa shape index (κ3) is 6.25. The molecule has 1 aliphatic heterocycles. The monoisotopic (exact) mass is 411 g/mol. The molecule has 28 heavy (non-hydrogen) atoms. The number of halogens is 3. The van der Waals surface area contributed by atoms with Crippen LogP contribution >= 0.6 is 11.8 Å². The van der Waals surface area contributed by atoms with E-state index in [1.54, 1.807) is 6.07 Å². The lowest BCUT2D eigenvalue weighted by molar-refractivity contribution is -0.921. The quantitative estimate of drug-likeness (QED) is 0.719. The molecule has 0 aromatic heterocycles. The van der Waals surface area contributed by atoms with Gasteiger partial charge in [0.15, 0.2) is 0 Å². The number of quaternary nitrogens is 1. The summed E-state index contributed by atoms with van der Waals surface area (Å²) in [6.07, 6.45) is -4.39. The highest BCUT2D eigenvalue weighted by Crippen LogP contribution is 2.31. The Balaban J connectivity index is 1.48. The predicted octanol–water partition coefficient (Wildman–Crippen LogP) is 2.85. The highest BCUT2D eigenvalue weighted by Gasteiger charge is 2.30. The van der Waals surface area contributed by atoms with Crippen molar-refractivity contribution in [3.05, 3.63) is 59.7 Å². The van der Waals surface area contributed by atoms with Crippen LogP contribution in [0.5, 0.6) is 0 Å². The van der Waals surface area contributed by atoms with Crippen LogP contribution in [0.1, 0.15) is 11.1 Å². The molecule has 0 bridgehead atoms. The van der Waals surface area contributed by atoms with Crippen molar-refractivity contribution in [2.75, 3.05) is 37.4 Å². The van der Waals surface area contributed by atoms with Crippen LogP contribution in [0.4, 0.5) is 18.9 Å². The fourth-order valence-corrected chi connectivity index (χ4v) is 3.69. The Hall–Kier alpha value is -2.03. The first kappa shape index (κ1) is 20.7. The lowest BCUT2D eigenvalue weighted by Crippen LogP contribution is -3.12. The molecule has 3 rings (SSSR count). The number of hydrogen-bond donors (Lipinski definition) is 2. The number of ether oxygens (including phenoxy) is 1. The van der Waals surface area contributed by atoms with Gasteiger partial charge in [-0.15, -0.1) is 11.8 Å². The molecule has 1 heterocycles. The number of carbonyl (C=O) groups excluding carboxylic acids is 1. The zero-order valence-electron chi connectivity index (χ0n) is 15.2. The average molecular weight is 411 g/mol. The molecule has 0 unspecified atom stereocenters. The van der Waals surface area contributed by atoms with E-state index in [4.69, 9.17) is 4.74 Å². The molecule has 2 aromatic rings. The molecular formula is C20H22F3N2O2S+. The van der Waals surface area contributed by atoms with Crippen molar-refractivity contribution in [2.45, 2.75) is 17.6 Å². The molecule has 1 fully saturated rings. The van der Waals surface area contributed by atoms with Gasteiger partial charge < -0.3 is 15.0 Å². The first-order valence-electron chi connectivity index (χ1n) is 9.00. The van der Waals surface area contributed by atoms with E-state index in [-0.39, 0.29) is 11.7 Å². The van der Waals surface area contributed by atoms with E-state index >= 15 is 0 Å². The van der Waals surface area contributed by atoms with Crippen LogP contribution < -0.4 is 10.2 Å². The van der Waals surface area contributed by atoms with Crippen molar-refractivity contribution < 1.29 is 27.6 Å². The molecular weight excluding hydrogens is 389 g/mol. The van der Waals surface area contributed by atoms with Crippen molar-refractivity contribution >= 4 is 23.4 Å². The number of amides is 1. The summed E-state index contributed by atoms with van der Waals surface area (Å²) >= 11 is 1.08. The number of rotatable bonds is 6. The first-order chi connectivity index (χ1) is 13.4. The van der Waals surface area contributed by atoms with E-state index in [2.05, 4.69) is 5.32 Å². The fourth-order valence-electron chi connectivity index (χ4n) is 2.94. The lowest BCUT2D eigenvalue weighted by atomic mass is 10.2. The largest absolute Gasteiger partial charge is 0.416 e. The van der Waals surface area contributed by atoms with Gasteiger partial charge >= 0.3 is 6.18 Å². The third-order valence-corrected chi connectivity index (χ3v) is 5.42. The van der Waals surface area contributed by atoms with Gasteiger partial charge in [0.05, 0.1) is 24.5 Å². The smallest absolute Gasteiger partial charge is 0.370 e. The highest BCUT2D eigenvalue weighted by molar-refractivity contribution is 8.00. The minimum Gasteiger partial charge on any atom is -0.370 e. The molecule has 4 nitrogen and oxygen atoms in total. The second-order valence-corrected chi connectivity index (χ2v) is 7.65. The van der Waals surface area contributed by atoms with Crippen molar-refractivity contribution in [3.8, 4) is 0 Å². The fraction of sp³-hybridized carbons (Fsp3) is 0.350. The van der Waals surface area contributed by atoms with Crippen LogP contribution in [0, 0.1) is 0 Å². The molecule has 2 aromatic carbocycles. The molecule has 150 valence electrons. The number of thioether (sulfide) groups is 1. The van der Waals surface area contributed by atoms with Crippen molar-refractivity contribution in [1.29, 1.82) is 0 Å². The van der Waals surface area contributed by atoms with Crippen LogP contribution in [-0.2, 0) is 22.3 Å². The number of morpholine rings is 1. The summed E-state index contributed by atoms with van der Waals surface area (Å²) < 4.78 is 43.6. The maximum absolute atomic E-state index is 12.7. The van der Waals surface area contributed by atoms with Crippen LogP contribution in [0.2, 0.25) is 0 Å². The van der Waals surface area contributed by atoms with Gasteiger partial charge in [-0.3, -0.25) is 4.79 Å². The number of hydrogen-bond acceptors (Lipinski definition) is 3. The predicted molar refractivity (Wildman–Crippen MR) is 102 cm³/mol. The highest BCUT2D eigenvalue weighted by atomic mass is 32.2. The Morgan fingerprint density at radius 1 is 1.11 bits per heavy atom. The van der Waals surface area contributed by atoms with Crippen LogP contribution in [0.15, 0.2) is 53.4 Å². The Labute approximate surface area is 166 Å². The van der Waals surface area contributed by atoms with Crippen LogP contribution in [0.25, 0.3) is 0 Å². The summed E-state index contributed by atoms with van der Waals surface area (Å²) in [5.74, 6) is -0.213. The van der Waals surface area contributed by atoms with Crippen LogP contribution in [-0.4, -0.2) is 38.0 Å². The Kier molecular flexibility index (Phi) is 6.98. The van der Waals surface area contributed by atoms with Gasteiger partial charge in [-0.25, -0.2) is 0 Å². The van der Waals surface area contributed by atoms with Gasteiger partial charge in [0.2, 0.25) is 5.91 Å². The molecule has 0 saturated carbocycles. The first-order valence-corrected chi connectivity index (χ1v) is 9.99. The molecule has 8 heteroatoms. The van der Waals surface area contributed by atoms with Crippen molar-refractivity contribution in [3.63, 3.8) is 0 Å². The number of alkyl halides is 3. The van der Waals surface area contributed by atoms with Gasteiger partial charge in [-0.2, -0.15) is 13.2 Å². The molecule has 0 atom stereocenters. The SMILES string of the molecule is O=C(CSc1cccc(C(F)(F)F)c1)Nc1ccc(C[NH+]2CCOCC2)cc1. The lowest BCUT2D eigenvalue weighted by Gasteiger charge is -2.23. The number of carbonyl (C=O) groups is 1. The van der Waals surface area contributed by atoms with E-state index in [1.807, 2.05) is 24.3 Å². The third-order valence-electron chi connectivity index (χ3n) is 4.42. The summed E-state index contributed by atoms with van der Waals surface area (Å²) in [6, 6.07) is 12.7.